The maximum Gasteiger partial charge on any atom is 0.155 e. The first-order valence-electron chi connectivity index (χ1n) is 5.12. The van der Waals surface area contributed by atoms with Crippen molar-refractivity contribution in [1.82, 2.24) is 19.7 Å². The van der Waals surface area contributed by atoms with Gasteiger partial charge in [0.05, 0.1) is 6.10 Å². The van der Waals surface area contributed by atoms with Crippen LogP contribution in [0, 0.1) is 13.8 Å². The lowest BCUT2D eigenvalue weighted by Crippen LogP contribution is -2.03. The van der Waals surface area contributed by atoms with Gasteiger partial charge in [0, 0.05) is 6.20 Å². The Bertz CT molecular complexity index is 504. The van der Waals surface area contributed by atoms with Gasteiger partial charge >= 0.3 is 0 Å². The summed E-state index contributed by atoms with van der Waals surface area (Å²) >= 11 is 0. The van der Waals surface area contributed by atoms with Crippen LogP contribution >= 0.6 is 0 Å². The number of hydrogen-bond acceptors (Lipinski definition) is 4. The molecule has 2 aromatic rings. The number of aliphatic hydroxyl groups excluding tert-OH is 1. The standard InChI is InChI=1S/C11H14N4O/c1-7(16)10-4-5-12-11(6-10)15-9(3)13-8(2)14-15/h4-7,16H,1-3H3/t7-/m1/s1. The number of hydrogen-bond donors (Lipinski definition) is 1. The molecule has 5 nitrogen and oxygen atoms in total. The van der Waals surface area contributed by atoms with Gasteiger partial charge < -0.3 is 5.11 Å². The summed E-state index contributed by atoms with van der Waals surface area (Å²) in [6, 6.07) is 3.60. The third kappa shape index (κ3) is 1.94. The summed E-state index contributed by atoms with van der Waals surface area (Å²) in [5.74, 6) is 2.17. The minimum absolute atomic E-state index is 0.508. The molecule has 0 aliphatic rings. The van der Waals surface area contributed by atoms with Crippen LogP contribution in [0.25, 0.3) is 5.82 Å². The van der Waals surface area contributed by atoms with Gasteiger partial charge in [-0.15, -0.1) is 5.10 Å². The second-order valence-corrected chi connectivity index (χ2v) is 3.74. The summed E-state index contributed by atoms with van der Waals surface area (Å²) in [5.41, 5.74) is 0.817. The Hall–Kier alpha value is -1.75. The largest absolute Gasteiger partial charge is 0.389 e. The van der Waals surface area contributed by atoms with Gasteiger partial charge in [0.15, 0.2) is 5.82 Å². The quantitative estimate of drug-likeness (QED) is 0.826. The molecule has 0 aromatic carbocycles. The number of nitrogens with zero attached hydrogens (tertiary/aromatic N) is 4. The summed E-state index contributed by atoms with van der Waals surface area (Å²) in [6.07, 6.45) is 1.15. The summed E-state index contributed by atoms with van der Waals surface area (Å²) < 4.78 is 1.67. The zero-order chi connectivity index (χ0) is 11.7. The number of pyridine rings is 1. The van der Waals surface area contributed by atoms with E-state index in [0.717, 1.165) is 11.4 Å². The van der Waals surface area contributed by atoms with Crippen LogP contribution < -0.4 is 0 Å². The zero-order valence-electron chi connectivity index (χ0n) is 9.55. The van der Waals surface area contributed by atoms with E-state index in [0.29, 0.717) is 11.6 Å². The molecule has 0 saturated heterocycles. The lowest BCUT2D eigenvalue weighted by Gasteiger charge is -2.07. The molecule has 2 heterocycles. The Balaban J connectivity index is 2.48. The van der Waals surface area contributed by atoms with Crippen LogP contribution in [-0.2, 0) is 0 Å². The molecule has 0 amide bonds. The van der Waals surface area contributed by atoms with Gasteiger partial charge in [-0.2, -0.15) is 4.68 Å². The first-order valence-corrected chi connectivity index (χ1v) is 5.12. The van der Waals surface area contributed by atoms with Gasteiger partial charge in [-0.25, -0.2) is 9.97 Å². The van der Waals surface area contributed by atoms with Crippen LogP contribution in [0.4, 0.5) is 0 Å². The van der Waals surface area contributed by atoms with Crippen LogP contribution in [0.2, 0.25) is 0 Å². The van der Waals surface area contributed by atoms with Gasteiger partial charge in [0.1, 0.15) is 11.6 Å². The smallest absolute Gasteiger partial charge is 0.155 e. The van der Waals surface area contributed by atoms with E-state index in [9.17, 15) is 5.11 Å². The molecule has 0 fully saturated rings. The molecule has 1 N–H and O–H groups in total. The van der Waals surface area contributed by atoms with Gasteiger partial charge in [0.2, 0.25) is 0 Å². The highest BCUT2D eigenvalue weighted by atomic mass is 16.3. The molecule has 0 aliphatic heterocycles. The molecule has 0 radical (unpaired) electrons. The van der Waals surface area contributed by atoms with Crippen LogP contribution in [-0.4, -0.2) is 24.9 Å². The van der Waals surface area contributed by atoms with Crippen molar-refractivity contribution in [2.24, 2.45) is 0 Å². The predicted octanol–water partition coefficient (Wildman–Crippen LogP) is 1.33. The second kappa shape index (κ2) is 4.02. The van der Waals surface area contributed by atoms with E-state index in [4.69, 9.17) is 0 Å². The third-order valence-electron chi connectivity index (χ3n) is 2.34. The molecule has 16 heavy (non-hydrogen) atoms. The molecule has 0 aliphatic carbocycles. The van der Waals surface area contributed by atoms with Crippen molar-refractivity contribution >= 4 is 0 Å². The Morgan fingerprint density at radius 1 is 1.38 bits per heavy atom. The minimum atomic E-state index is -0.508. The van der Waals surface area contributed by atoms with Gasteiger partial charge in [-0.3, -0.25) is 0 Å². The SMILES string of the molecule is Cc1nc(C)n(-c2cc([C@@H](C)O)ccn2)n1. The van der Waals surface area contributed by atoms with Crippen molar-refractivity contribution in [3.8, 4) is 5.82 Å². The lowest BCUT2D eigenvalue weighted by molar-refractivity contribution is 0.199. The molecule has 0 unspecified atom stereocenters. The average molecular weight is 218 g/mol. The van der Waals surface area contributed by atoms with Crippen molar-refractivity contribution < 1.29 is 5.11 Å². The number of aliphatic hydroxyl groups is 1. The molecule has 84 valence electrons. The van der Waals surface area contributed by atoms with E-state index in [1.165, 1.54) is 0 Å². The van der Waals surface area contributed by atoms with E-state index in [-0.39, 0.29) is 0 Å². The maximum atomic E-state index is 9.50. The molecule has 1 atom stereocenters. The minimum Gasteiger partial charge on any atom is -0.389 e. The predicted molar refractivity (Wildman–Crippen MR) is 59.3 cm³/mol. The lowest BCUT2D eigenvalue weighted by atomic mass is 10.2. The number of aromatic nitrogens is 4. The first-order chi connectivity index (χ1) is 7.58. The normalized spacial score (nSPS) is 12.8. The van der Waals surface area contributed by atoms with Gasteiger partial charge in [-0.05, 0) is 38.5 Å². The molecular weight excluding hydrogens is 204 g/mol. The topological polar surface area (TPSA) is 63.8 Å². The molecule has 0 bridgehead atoms. The van der Waals surface area contributed by atoms with E-state index in [2.05, 4.69) is 15.1 Å². The summed E-state index contributed by atoms with van der Waals surface area (Å²) in [4.78, 5) is 8.43. The monoisotopic (exact) mass is 218 g/mol. The molecule has 0 saturated carbocycles. The Labute approximate surface area is 93.8 Å². The molecule has 5 heteroatoms. The van der Waals surface area contributed by atoms with Crippen molar-refractivity contribution in [2.45, 2.75) is 26.9 Å². The maximum absolute atomic E-state index is 9.50. The Morgan fingerprint density at radius 3 is 2.69 bits per heavy atom. The molecular formula is C11H14N4O. The highest BCUT2D eigenvalue weighted by molar-refractivity contribution is 5.28. The van der Waals surface area contributed by atoms with E-state index in [1.54, 1.807) is 23.9 Å². The van der Waals surface area contributed by atoms with Crippen molar-refractivity contribution in [3.63, 3.8) is 0 Å². The fourth-order valence-electron chi connectivity index (χ4n) is 1.55. The Morgan fingerprint density at radius 2 is 2.12 bits per heavy atom. The summed E-state index contributed by atoms with van der Waals surface area (Å²) in [6.45, 7) is 5.43. The fourth-order valence-corrected chi connectivity index (χ4v) is 1.55. The second-order valence-electron chi connectivity index (χ2n) is 3.74. The van der Waals surface area contributed by atoms with E-state index in [1.807, 2.05) is 19.9 Å². The zero-order valence-corrected chi connectivity index (χ0v) is 9.55. The van der Waals surface area contributed by atoms with Crippen molar-refractivity contribution in [3.05, 3.63) is 35.5 Å². The number of rotatable bonds is 2. The molecule has 2 rings (SSSR count). The van der Waals surface area contributed by atoms with Crippen LogP contribution in [0.1, 0.15) is 30.2 Å². The van der Waals surface area contributed by atoms with Crippen LogP contribution in [0.3, 0.4) is 0 Å². The van der Waals surface area contributed by atoms with Crippen molar-refractivity contribution in [2.75, 3.05) is 0 Å². The fraction of sp³-hybridized carbons (Fsp3) is 0.364. The van der Waals surface area contributed by atoms with E-state index >= 15 is 0 Å². The summed E-state index contributed by atoms with van der Waals surface area (Å²) in [5, 5.41) is 13.7. The molecule has 2 aromatic heterocycles. The van der Waals surface area contributed by atoms with Crippen molar-refractivity contribution in [1.29, 1.82) is 0 Å². The first kappa shape index (κ1) is 10.8. The highest BCUT2D eigenvalue weighted by Crippen LogP contribution is 2.14. The summed E-state index contributed by atoms with van der Waals surface area (Å²) in [7, 11) is 0. The van der Waals surface area contributed by atoms with Gasteiger partial charge in [-0.1, -0.05) is 0 Å². The third-order valence-corrected chi connectivity index (χ3v) is 2.34. The van der Waals surface area contributed by atoms with Crippen LogP contribution in [0.15, 0.2) is 18.3 Å². The van der Waals surface area contributed by atoms with E-state index < -0.39 is 6.10 Å². The highest BCUT2D eigenvalue weighted by Gasteiger charge is 2.08. The molecule has 0 spiro atoms. The number of aryl methyl sites for hydroxylation is 2. The average Bonchev–Trinajstić information content (AvgIpc) is 2.58. The Kier molecular flexibility index (Phi) is 2.70. The van der Waals surface area contributed by atoms with Crippen LogP contribution in [0.5, 0.6) is 0 Å². The van der Waals surface area contributed by atoms with Gasteiger partial charge in [0.25, 0.3) is 0 Å².